The van der Waals surface area contributed by atoms with Crippen molar-refractivity contribution in [2.24, 2.45) is 0 Å². The molecule has 5 aromatic rings. The first-order chi connectivity index (χ1) is 12.2. The minimum absolute atomic E-state index is 0.250. The third-order valence-electron chi connectivity index (χ3n) is 5.64. The molecule has 0 saturated heterocycles. The van der Waals surface area contributed by atoms with Crippen molar-refractivity contribution in [2.75, 3.05) is 0 Å². The number of halogens is 2. The van der Waals surface area contributed by atoms with E-state index in [2.05, 4.69) is 9.97 Å². The number of hydrogen-bond acceptors (Lipinski definition) is 0. The molecule has 2 aromatic heterocycles. The second kappa shape index (κ2) is 4.39. The average Bonchev–Trinajstić information content (AvgIpc) is 3.29. The van der Waals surface area contributed by atoms with Crippen molar-refractivity contribution in [3.05, 3.63) is 59.2 Å². The van der Waals surface area contributed by atoms with E-state index in [1.54, 1.807) is 12.1 Å². The van der Waals surface area contributed by atoms with Crippen molar-refractivity contribution in [3.63, 3.8) is 0 Å². The van der Waals surface area contributed by atoms with Crippen LogP contribution in [0, 0.1) is 11.6 Å². The molecule has 0 unspecified atom stereocenters. The van der Waals surface area contributed by atoms with Crippen molar-refractivity contribution in [1.29, 1.82) is 0 Å². The summed E-state index contributed by atoms with van der Waals surface area (Å²) >= 11 is 0. The smallest absolute Gasteiger partial charge is 0.147 e. The molecule has 0 amide bonds. The van der Waals surface area contributed by atoms with Crippen LogP contribution in [0.2, 0.25) is 0 Å². The standard InChI is InChI=1S/C21H14F2N2/c22-14-8-2-6-12-16-10-4-1-5-11(10)20-17(21(16)25-18(12)14)13-7-3-9-15(23)19(13)24-20/h2-3,6-9,24-25H,1,4-5H2. The van der Waals surface area contributed by atoms with Gasteiger partial charge in [0.1, 0.15) is 11.6 Å². The van der Waals surface area contributed by atoms with Crippen LogP contribution in [-0.2, 0) is 12.8 Å². The molecule has 1 aliphatic rings. The molecule has 6 rings (SSSR count). The van der Waals surface area contributed by atoms with Crippen molar-refractivity contribution in [3.8, 4) is 0 Å². The van der Waals surface area contributed by atoms with Gasteiger partial charge in [-0.2, -0.15) is 0 Å². The summed E-state index contributed by atoms with van der Waals surface area (Å²) in [5, 5.41) is 3.84. The highest BCUT2D eigenvalue weighted by Crippen LogP contribution is 2.44. The van der Waals surface area contributed by atoms with E-state index in [0.717, 1.165) is 51.8 Å². The van der Waals surface area contributed by atoms with Crippen molar-refractivity contribution < 1.29 is 8.78 Å². The maximum atomic E-state index is 14.4. The molecule has 2 heterocycles. The number of benzene rings is 3. The molecule has 0 saturated carbocycles. The molecular formula is C21H14F2N2. The zero-order valence-electron chi connectivity index (χ0n) is 13.3. The fraction of sp³-hybridized carbons (Fsp3) is 0.143. The van der Waals surface area contributed by atoms with Gasteiger partial charge in [0, 0.05) is 21.5 Å². The molecule has 0 spiro atoms. The van der Waals surface area contributed by atoms with Gasteiger partial charge in [-0.05, 0) is 42.5 Å². The number of aromatic amines is 2. The topological polar surface area (TPSA) is 31.6 Å². The van der Waals surface area contributed by atoms with Crippen LogP contribution in [0.4, 0.5) is 8.78 Å². The lowest BCUT2D eigenvalue weighted by Crippen LogP contribution is -1.87. The Bertz CT molecular complexity index is 1340. The Kier molecular flexibility index (Phi) is 2.36. The van der Waals surface area contributed by atoms with Crippen LogP contribution >= 0.6 is 0 Å². The van der Waals surface area contributed by atoms with E-state index in [0.29, 0.717) is 11.0 Å². The lowest BCUT2D eigenvalue weighted by Gasteiger charge is -2.05. The lowest BCUT2D eigenvalue weighted by molar-refractivity contribution is 0.637. The van der Waals surface area contributed by atoms with E-state index in [-0.39, 0.29) is 11.6 Å². The Labute approximate surface area is 141 Å². The van der Waals surface area contributed by atoms with E-state index in [4.69, 9.17) is 0 Å². The largest absolute Gasteiger partial charge is 0.352 e. The van der Waals surface area contributed by atoms with Gasteiger partial charge in [-0.3, -0.25) is 0 Å². The van der Waals surface area contributed by atoms with Crippen molar-refractivity contribution >= 4 is 43.6 Å². The molecule has 1 aliphatic carbocycles. The van der Waals surface area contributed by atoms with Gasteiger partial charge in [-0.15, -0.1) is 0 Å². The quantitative estimate of drug-likeness (QED) is 0.363. The van der Waals surface area contributed by atoms with Gasteiger partial charge in [-0.1, -0.05) is 24.3 Å². The minimum atomic E-state index is -0.254. The van der Waals surface area contributed by atoms with Gasteiger partial charge in [-0.25, -0.2) is 8.78 Å². The predicted molar refractivity (Wildman–Crippen MR) is 97.1 cm³/mol. The summed E-state index contributed by atoms with van der Waals surface area (Å²) in [5.41, 5.74) is 5.48. The molecule has 2 N–H and O–H groups in total. The van der Waals surface area contributed by atoms with Gasteiger partial charge in [0.05, 0.1) is 22.1 Å². The predicted octanol–water partition coefficient (Wildman–Crippen LogP) is 5.72. The SMILES string of the molecule is Fc1cccc2c1[nH]c1c2c2c(c3[nH]c4c(F)cccc4c31)CCC2. The Hall–Kier alpha value is -2.88. The van der Waals surface area contributed by atoms with Gasteiger partial charge in [0.15, 0.2) is 0 Å². The Morgan fingerprint density at radius 1 is 0.640 bits per heavy atom. The van der Waals surface area contributed by atoms with Crippen LogP contribution in [-0.4, -0.2) is 9.97 Å². The number of nitrogens with one attached hydrogen (secondary N) is 2. The Morgan fingerprint density at radius 2 is 1.24 bits per heavy atom. The highest BCUT2D eigenvalue weighted by Gasteiger charge is 2.25. The number of hydrogen-bond donors (Lipinski definition) is 2. The molecular weight excluding hydrogens is 318 g/mol. The normalized spacial score (nSPS) is 14.3. The van der Waals surface area contributed by atoms with E-state index in [1.165, 1.54) is 23.3 Å². The summed E-state index contributed by atoms with van der Waals surface area (Å²) in [7, 11) is 0. The maximum absolute atomic E-state index is 14.4. The highest BCUT2D eigenvalue weighted by molar-refractivity contribution is 6.26. The fourth-order valence-electron chi connectivity index (χ4n) is 4.65. The van der Waals surface area contributed by atoms with Crippen LogP contribution in [0.5, 0.6) is 0 Å². The van der Waals surface area contributed by atoms with E-state index < -0.39 is 0 Å². The third-order valence-corrected chi connectivity index (χ3v) is 5.64. The maximum Gasteiger partial charge on any atom is 0.147 e. The summed E-state index contributed by atoms with van der Waals surface area (Å²) in [5.74, 6) is -0.504. The van der Waals surface area contributed by atoms with E-state index in [9.17, 15) is 8.78 Å². The highest BCUT2D eigenvalue weighted by atomic mass is 19.1. The van der Waals surface area contributed by atoms with E-state index >= 15 is 0 Å². The number of fused-ring (bicyclic) bond motifs is 10. The van der Waals surface area contributed by atoms with Gasteiger partial charge in [0.25, 0.3) is 0 Å². The van der Waals surface area contributed by atoms with Crippen LogP contribution in [0.25, 0.3) is 43.6 Å². The number of rotatable bonds is 0. The third kappa shape index (κ3) is 1.53. The van der Waals surface area contributed by atoms with Crippen LogP contribution in [0.15, 0.2) is 36.4 Å². The first-order valence-electron chi connectivity index (χ1n) is 8.57. The molecule has 0 radical (unpaired) electrons. The molecule has 0 bridgehead atoms. The molecule has 0 fully saturated rings. The molecule has 3 aromatic carbocycles. The first kappa shape index (κ1) is 13.4. The molecule has 4 heteroatoms. The van der Waals surface area contributed by atoms with Gasteiger partial charge in [0.2, 0.25) is 0 Å². The summed E-state index contributed by atoms with van der Waals surface area (Å²) in [6.07, 6.45) is 3.02. The van der Waals surface area contributed by atoms with Crippen LogP contribution < -0.4 is 0 Å². The Morgan fingerprint density at radius 3 is 1.96 bits per heavy atom. The van der Waals surface area contributed by atoms with Crippen LogP contribution in [0.1, 0.15) is 17.5 Å². The lowest BCUT2D eigenvalue weighted by atomic mass is 9.98. The van der Waals surface area contributed by atoms with Crippen LogP contribution in [0.3, 0.4) is 0 Å². The first-order valence-corrected chi connectivity index (χ1v) is 8.57. The second-order valence-corrected chi connectivity index (χ2v) is 6.89. The fourth-order valence-corrected chi connectivity index (χ4v) is 4.65. The number of aryl methyl sites for hydroxylation is 2. The minimum Gasteiger partial charge on any atom is -0.352 e. The summed E-state index contributed by atoms with van der Waals surface area (Å²) < 4.78 is 28.7. The summed E-state index contributed by atoms with van der Waals surface area (Å²) in [4.78, 5) is 6.61. The molecule has 0 atom stereocenters. The second-order valence-electron chi connectivity index (χ2n) is 6.89. The number of H-pyrrole nitrogens is 2. The zero-order chi connectivity index (χ0) is 16.7. The number of para-hydroxylation sites is 2. The molecule has 25 heavy (non-hydrogen) atoms. The monoisotopic (exact) mass is 332 g/mol. The molecule has 2 nitrogen and oxygen atoms in total. The average molecular weight is 332 g/mol. The van der Waals surface area contributed by atoms with E-state index in [1.807, 2.05) is 12.1 Å². The van der Waals surface area contributed by atoms with Crippen molar-refractivity contribution in [2.45, 2.75) is 19.3 Å². The molecule has 122 valence electrons. The zero-order valence-corrected chi connectivity index (χ0v) is 13.3. The van der Waals surface area contributed by atoms with Gasteiger partial charge < -0.3 is 9.97 Å². The van der Waals surface area contributed by atoms with Crippen molar-refractivity contribution in [1.82, 2.24) is 9.97 Å². The summed E-state index contributed by atoms with van der Waals surface area (Å²) in [6.45, 7) is 0. The summed E-state index contributed by atoms with van der Waals surface area (Å²) in [6, 6.07) is 10.3. The Balaban J connectivity index is 2.00. The van der Waals surface area contributed by atoms with Gasteiger partial charge >= 0.3 is 0 Å². The molecule has 0 aliphatic heterocycles. The number of aromatic nitrogens is 2.